The smallest absolute Gasteiger partial charge is 0.225 e. The molecule has 0 aliphatic heterocycles. The van der Waals surface area contributed by atoms with Crippen molar-refractivity contribution in [2.75, 3.05) is 5.32 Å². The highest BCUT2D eigenvalue weighted by Gasteiger charge is 2.04. The summed E-state index contributed by atoms with van der Waals surface area (Å²) in [5.41, 5.74) is 1.10. The van der Waals surface area contributed by atoms with Crippen LogP contribution < -0.4 is 5.32 Å². The fourth-order valence-corrected chi connectivity index (χ4v) is 1.95. The molecule has 18 heavy (non-hydrogen) atoms. The number of anilines is 1. The fourth-order valence-electron chi connectivity index (χ4n) is 1.29. The van der Waals surface area contributed by atoms with Gasteiger partial charge in [0.15, 0.2) is 0 Å². The maximum atomic E-state index is 11.2. The minimum absolute atomic E-state index is 0.0512. The summed E-state index contributed by atoms with van der Waals surface area (Å²) >= 11 is 1.35. The van der Waals surface area contributed by atoms with Crippen LogP contribution in [0.1, 0.15) is 23.9 Å². The van der Waals surface area contributed by atoms with Gasteiger partial charge >= 0.3 is 0 Å². The molecule has 0 radical (unpaired) electrons. The fraction of sp³-hybridized carbons (Fsp3) is 0.154. The van der Waals surface area contributed by atoms with Crippen molar-refractivity contribution in [3.63, 3.8) is 0 Å². The van der Waals surface area contributed by atoms with E-state index in [0.29, 0.717) is 11.6 Å². The molecular formula is C13H13N3OS. The van der Waals surface area contributed by atoms with Gasteiger partial charge in [-0.25, -0.2) is 0 Å². The van der Waals surface area contributed by atoms with Crippen LogP contribution in [0.15, 0.2) is 30.3 Å². The lowest BCUT2D eigenvalue weighted by atomic mass is 10.2. The molecule has 1 amide bonds. The second-order valence-electron chi connectivity index (χ2n) is 3.59. The van der Waals surface area contributed by atoms with E-state index in [9.17, 15) is 4.79 Å². The number of hydrogen-bond donors (Lipinski definition) is 1. The Morgan fingerprint density at radius 2 is 2.06 bits per heavy atom. The van der Waals surface area contributed by atoms with Gasteiger partial charge in [-0.15, -0.1) is 10.2 Å². The van der Waals surface area contributed by atoms with Gasteiger partial charge in [0.05, 0.1) is 0 Å². The molecule has 1 aromatic carbocycles. The van der Waals surface area contributed by atoms with Gasteiger partial charge in [0, 0.05) is 6.42 Å². The predicted octanol–water partition coefficient (Wildman–Crippen LogP) is 3.06. The van der Waals surface area contributed by atoms with Crippen molar-refractivity contribution in [3.8, 4) is 0 Å². The van der Waals surface area contributed by atoms with E-state index < -0.39 is 0 Å². The van der Waals surface area contributed by atoms with E-state index in [-0.39, 0.29) is 5.91 Å². The highest BCUT2D eigenvalue weighted by atomic mass is 32.1. The molecule has 0 atom stereocenters. The zero-order valence-electron chi connectivity index (χ0n) is 9.96. The summed E-state index contributed by atoms with van der Waals surface area (Å²) in [6.45, 7) is 1.80. The Labute approximate surface area is 109 Å². The molecule has 1 aromatic heterocycles. The standard InChI is InChI=1S/C13H13N3OS/c1-2-11(17)14-13-16-15-12(18-13)9-8-10-6-4-3-5-7-10/h3-9H,2H2,1H3,(H,14,16,17). The van der Waals surface area contributed by atoms with Gasteiger partial charge in [0.25, 0.3) is 0 Å². The first-order chi connectivity index (χ1) is 8.78. The summed E-state index contributed by atoms with van der Waals surface area (Å²) in [5, 5.41) is 11.9. The van der Waals surface area contributed by atoms with Crippen LogP contribution >= 0.6 is 11.3 Å². The lowest BCUT2D eigenvalue weighted by Gasteiger charge is -1.94. The van der Waals surface area contributed by atoms with Crippen molar-refractivity contribution in [3.05, 3.63) is 40.9 Å². The van der Waals surface area contributed by atoms with Crippen LogP contribution in [-0.2, 0) is 4.79 Å². The van der Waals surface area contributed by atoms with E-state index in [1.807, 2.05) is 42.5 Å². The molecule has 1 N–H and O–H groups in total. The lowest BCUT2D eigenvalue weighted by molar-refractivity contribution is -0.115. The van der Waals surface area contributed by atoms with Crippen molar-refractivity contribution in [2.45, 2.75) is 13.3 Å². The van der Waals surface area contributed by atoms with Crippen LogP contribution in [-0.4, -0.2) is 16.1 Å². The van der Waals surface area contributed by atoms with E-state index >= 15 is 0 Å². The Morgan fingerprint density at radius 3 is 2.78 bits per heavy atom. The molecule has 4 nitrogen and oxygen atoms in total. The van der Waals surface area contributed by atoms with Gasteiger partial charge in [-0.1, -0.05) is 54.7 Å². The van der Waals surface area contributed by atoms with Gasteiger partial charge in [-0.2, -0.15) is 0 Å². The van der Waals surface area contributed by atoms with Crippen molar-refractivity contribution in [1.29, 1.82) is 0 Å². The normalized spacial score (nSPS) is 10.7. The van der Waals surface area contributed by atoms with Crippen LogP contribution in [0.25, 0.3) is 12.2 Å². The molecule has 0 unspecified atom stereocenters. The van der Waals surface area contributed by atoms with Gasteiger partial charge in [-0.05, 0) is 11.6 Å². The zero-order valence-corrected chi connectivity index (χ0v) is 10.8. The molecule has 0 fully saturated rings. The van der Waals surface area contributed by atoms with Crippen molar-refractivity contribution in [2.24, 2.45) is 0 Å². The Balaban J connectivity index is 2.03. The summed E-state index contributed by atoms with van der Waals surface area (Å²) < 4.78 is 0. The van der Waals surface area contributed by atoms with Crippen LogP contribution in [0.5, 0.6) is 0 Å². The third kappa shape index (κ3) is 3.49. The second kappa shape index (κ2) is 6.07. The topological polar surface area (TPSA) is 54.9 Å². The molecule has 1 heterocycles. The number of carbonyl (C=O) groups is 1. The van der Waals surface area contributed by atoms with E-state index in [1.54, 1.807) is 6.92 Å². The Kier molecular flexibility index (Phi) is 4.20. The van der Waals surface area contributed by atoms with Crippen LogP contribution in [0.3, 0.4) is 0 Å². The summed E-state index contributed by atoms with van der Waals surface area (Å²) in [7, 11) is 0. The molecule has 0 saturated heterocycles. The van der Waals surface area contributed by atoms with Crippen molar-refractivity contribution in [1.82, 2.24) is 10.2 Å². The van der Waals surface area contributed by atoms with Gasteiger partial charge in [-0.3, -0.25) is 4.79 Å². The summed E-state index contributed by atoms with van der Waals surface area (Å²) in [6, 6.07) is 9.95. The van der Waals surface area contributed by atoms with Crippen LogP contribution in [0.4, 0.5) is 5.13 Å². The number of benzene rings is 1. The molecule has 0 spiro atoms. The first kappa shape index (κ1) is 12.4. The quantitative estimate of drug-likeness (QED) is 0.918. The Bertz CT molecular complexity index is 548. The van der Waals surface area contributed by atoms with Crippen LogP contribution in [0.2, 0.25) is 0 Å². The minimum atomic E-state index is -0.0512. The average Bonchev–Trinajstić information content (AvgIpc) is 2.85. The monoisotopic (exact) mass is 259 g/mol. The molecule has 0 saturated carbocycles. The van der Waals surface area contributed by atoms with Crippen molar-refractivity contribution >= 4 is 34.5 Å². The number of rotatable bonds is 4. The maximum absolute atomic E-state index is 11.2. The number of nitrogens with zero attached hydrogens (tertiary/aromatic N) is 2. The van der Waals surface area contributed by atoms with E-state index in [1.165, 1.54) is 11.3 Å². The second-order valence-corrected chi connectivity index (χ2v) is 4.60. The number of nitrogens with one attached hydrogen (secondary N) is 1. The van der Waals surface area contributed by atoms with E-state index in [2.05, 4.69) is 15.5 Å². The third-order valence-corrected chi connectivity index (χ3v) is 3.03. The maximum Gasteiger partial charge on any atom is 0.225 e. The first-order valence-electron chi connectivity index (χ1n) is 5.64. The number of amides is 1. The molecule has 92 valence electrons. The SMILES string of the molecule is CCC(=O)Nc1nnc(C=Cc2ccccc2)s1. The summed E-state index contributed by atoms with van der Waals surface area (Å²) in [4.78, 5) is 11.2. The summed E-state index contributed by atoms with van der Waals surface area (Å²) in [6.07, 6.45) is 4.29. The first-order valence-corrected chi connectivity index (χ1v) is 6.46. The zero-order chi connectivity index (χ0) is 12.8. The number of hydrogen-bond acceptors (Lipinski definition) is 4. The lowest BCUT2D eigenvalue weighted by Crippen LogP contribution is -2.08. The molecular weight excluding hydrogens is 246 g/mol. The highest BCUT2D eigenvalue weighted by molar-refractivity contribution is 7.16. The third-order valence-electron chi connectivity index (χ3n) is 2.23. The van der Waals surface area contributed by atoms with Crippen molar-refractivity contribution < 1.29 is 4.79 Å². The van der Waals surface area contributed by atoms with Crippen LogP contribution in [0, 0.1) is 0 Å². The van der Waals surface area contributed by atoms with Gasteiger partial charge in [0.1, 0.15) is 5.01 Å². The van der Waals surface area contributed by atoms with E-state index in [4.69, 9.17) is 0 Å². The highest BCUT2D eigenvalue weighted by Crippen LogP contribution is 2.17. The molecule has 0 aliphatic carbocycles. The molecule has 2 rings (SSSR count). The Hall–Kier alpha value is -2.01. The van der Waals surface area contributed by atoms with Gasteiger partial charge < -0.3 is 5.32 Å². The largest absolute Gasteiger partial charge is 0.301 e. The Morgan fingerprint density at radius 1 is 1.28 bits per heavy atom. The number of carbonyl (C=O) groups excluding carboxylic acids is 1. The summed E-state index contributed by atoms with van der Waals surface area (Å²) in [5.74, 6) is -0.0512. The average molecular weight is 259 g/mol. The van der Waals surface area contributed by atoms with Gasteiger partial charge in [0.2, 0.25) is 11.0 Å². The van der Waals surface area contributed by atoms with E-state index in [0.717, 1.165) is 10.6 Å². The molecule has 0 aliphatic rings. The predicted molar refractivity (Wildman–Crippen MR) is 74.2 cm³/mol. The molecule has 5 heteroatoms. The molecule has 2 aromatic rings. The number of aromatic nitrogens is 2. The minimum Gasteiger partial charge on any atom is -0.301 e. The molecule has 0 bridgehead atoms.